The van der Waals surface area contributed by atoms with Crippen molar-refractivity contribution in [1.82, 2.24) is 14.9 Å². The molecule has 2 aromatic heterocycles. The lowest BCUT2D eigenvalue weighted by Crippen LogP contribution is -2.12. The minimum Gasteiger partial charge on any atom is -0.422 e. The summed E-state index contributed by atoms with van der Waals surface area (Å²) in [6, 6.07) is 11.6. The van der Waals surface area contributed by atoms with E-state index in [4.69, 9.17) is 10.3 Å². The number of benzene rings is 2. The molecule has 2 aromatic carbocycles. The van der Waals surface area contributed by atoms with E-state index in [1.807, 2.05) is 26.0 Å². The highest BCUT2D eigenvalue weighted by Gasteiger charge is 2.16. The van der Waals surface area contributed by atoms with Crippen molar-refractivity contribution in [2.45, 2.75) is 24.8 Å². The molecular formula is C20H17FN4O2S. The lowest BCUT2D eigenvalue weighted by Gasteiger charge is -2.09. The van der Waals surface area contributed by atoms with Crippen molar-refractivity contribution < 1.29 is 8.81 Å². The Morgan fingerprint density at radius 3 is 2.75 bits per heavy atom. The van der Waals surface area contributed by atoms with Crippen molar-refractivity contribution in [3.05, 3.63) is 75.4 Å². The van der Waals surface area contributed by atoms with E-state index in [0.717, 1.165) is 22.1 Å². The third-order valence-corrected chi connectivity index (χ3v) is 5.65. The monoisotopic (exact) mass is 396 g/mol. The molecular weight excluding hydrogens is 379 g/mol. The fourth-order valence-electron chi connectivity index (χ4n) is 2.99. The van der Waals surface area contributed by atoms with Gasteiger partial charge in [0.25, 0.3) is 0 Å². The Labute approximate surface area is 164 Å². The maximum atomic E-state index is 14.0. The minimum absolute atomic E-state index is 0.240. The molecule has 28 heavy (non-hydrogen) atoms. The van der Waals surface area contributed by atoms with Gasteiger partial charge in [-0.3, -0.25) is 0 Å². The van der Waals surface area contributed by atoms with Gasteiger partial charge in [-0.25, -0.2) is 13.9 Å². The summed E-state index contributed by atoms with van der Waals surface area (Å²) in [7, 11) is 0. The summed E-state index contributed by atoms with van der Waals surface area (Å²) in [5.41, 5.74) is 3.26. The Kier molecular flexibility index (Phi) is 4.64. The van der Waals surface area contributed by atoms with Crippen LogP contribution in [0.4, 0.5) is 4.39 Å². The smallest absolute Gasteiger partial charge is 0.336 e. The quantitative estimate of drug-likeness (QED) is 0.321. The normalized spacial score (nSPS) is 11.2. The molecule has 0 aliphatic rings. The van der Waals surface area contributed by atoms with Gasteiger partial charge in [-0.15, -0.1) is 10.2 Å². The minimum atomic E-state index is -0.421. The van der Waals surface area contributed by atoms with Crippen LogP contribution in [0.5, 0.6) is 0 Å². The number of hydrogen-bond acceptors (Lipinski definition) is 6. The third-order valence-electron chi connectivity index (χ3n) is 4.65. The first-order valence-electron chi connectivity index (χ1n) is 8.57. The van der Waals surface area contributed by atoms with Gasteiger partial charge in [0.05, 0.1) is 5.56 Å². The molecule has 0 saturated carbocycles. The maximum Gasteiger partial charge on any atom is 0.336 e. The SMILES string of the molecule is Cc1ccc2c(CSc3nnc(-c4ccccc4F)n3N)cc(=O)oc2c1C. The van der Waals surface area contributed by atoms with Crippen LogP contribution < -0.4 is 11.5 Å². The summed E-state index contributed by atoms with van der Waals surface area (Å²) >= 11 is 1.32. The molecule has 0 saturated heterocycles. The van der Waals surface area contributed by atoms with Crippen molar-refractivity contribution in [3.8, 4) is 11.4 Å². The van der Waals surface area contributed by atoms with Gasteiger partial charge in [0.2, 0.25) is 5.16 Å². The van der Waals surface area contributed by atoms with Crippen molar-refractivity contribution >= 4 is 22.7 Å². The molecule has 0 atom stereocenters. The Hall–Kier alpha value is -3.13. The van der Waals surface area contributed by atoms with Gasteiger partial charge in [-0.1, -0.05) is 36.0 Å². The first-order chi connectivity index (χ1) is 13.5. The zero-order chi connectivity index (χ0) is 19.8. The summed E-state index contributed by atoms with van der Waals surface area (Å²) in [5.74, 6) is 6.34. The number of nitrogen functional groups attached to an aromatic ring is 1. The average Bonchev–Trinajstić information content (AvgIpc) is 3.04. The van der Waals surface area contributed by atoms with Crippen LogP contribution in [-0.4, -0.2) is 14.9 Å². The number of rotatable bonds is 4. The molecule has 0 unspecified atom stereocenters. The van der Waals surface area contributed by atoms with E-state index in [1.54, 1.807) is 18.2 Å². The van der Waals surface area contributed by atoms with Gasteiger partial charge in [-0.2, -0.15) is 0 Å². The molecule has 0 amide bonds. The highest BCUT2D eigenvalue weighted by atomic mass is 32.2. The van der Waals surface area contributed by atoms with E-state index < -0.39 is 11.4 Å². The molecule has 2 heterocycles. The topological polar surface area (TPSA) is 86.9 Å². The molecule has 0 aliphatic heterocycles. The summed E-state index contributed by atoms with van der Waals surface area (Å²) in [5, 5.41) is 9.36. The zero-order valence-corrected chi connectivity index (χ0v) is 16.1. The summed E-state index contributed by atoms with van der Waals surface area (Å²) in [6.07, 6.45) is 0. The highest BCUT2D eigenvalue weighted by molar-refractivity contribution is 7.98. The van der Waals surface area contributed by atoms with Crippen LogP contribution in [0, 0.1) is 19.7 Å². The third kappa shape index (κ3) is 3.16. The van der Waals surface area contributed by atoms with E-state index in [1.165, 1.54) is 28.6 Å². The second-order valence-electron chi connectivity index (χ2n) is 6.42. The zero-order valence-electron chi connectivity index (χ0n) is 15.3. The summed E-state index contributed by atoms with van der Waals surface area (Å²) in [4.78, 5) is 12.0. The van der Waals surface area contributed by atoms with Crippen LogP contribution >= 0.6 is 11.8 Å². The number of aryl methyl sites for hydroxylation is 2. The lowest BCUT2D eigenvalue weighted by molar-refractivity contribution is 0.557. The predicted molar refractivity (Wildman–Crippen MR) is 107 cm³/mol. The van der Waals surface area contributed by atoms with Gasteiger partial charge in [0, 0.05) is 17.2 Å². The van der Waals surface area contributed by atoms with E-state index in [0.29, 0.717) is 16.5 Å². The number of nitrogens with two attached hydrogens (primary N) is 1. The van der Waals surface area contributed by atoms with E-state index in [9.17, 15) is 9.18 Å². The molecule has 0 fully saturated rings. The average molecular weight is 396 g/mol. The number of nitrogens with zero attached hydrogens (tertiary/aromatic N) is 3. The van der Waals surface area contributed by atoms with Crippen molar-refractivity contribution in [1.29, 1.82) is 0 Å². The van der Waals surface area contributed by atoms with Crippen LogP contribution in [0.1, 0.15) is 16.7 Å². The van der Waals surface area contributed by atoms with Gasteiger partial charge in [-0.05, 0) is 42.7 Å². The first-order valence-corrected chi connectivity index (χ1v) is 9.55. The van der Waals surface area contributed by atoms with Crippen LogP contribution in [0.15, 0.2) is 56.8 Å². The Balaban J connectivity index is 1.67. The molecule has 0 spiro atoms. The molecule has 142 valence electrons. The summed E-state index contributed by atoms with van der Waals surface area (Å²) < 4.78 is 20.7. The van der Waals surface area contributed by atoms with Gasteiger partial charge < -0.3 is 10.3 Å². The number of thioether (sulfide) groups is 1. The van der Waals surface area contributed by atoms with Crippen LogP contribution in [0.3, 0.4) is 0 Å². The Morgan fingerprint density at radius 2 is 1.96 bits per heavy atom. The number of fused-ring (bicyclic) bond motifs is 1. The van der Waals surface area contributed by atoms with Crippen LogP contribution in [-0.2, 0) is 5.75 Å². The molecule has 0 radical (unpaired) electrons. The van der Waals surface area contributed by atoms with E-state index >= 15 is 0 Å². The van der Waals surface area contributed by atoms with Crippen LogP contribution in [0.25, 0.3) is 22.4 Å². The number of hydrogen-bond donors (Lipinski definition) is 1. The second-order valence-corrected chi connectivity index (χ2v) is 7.36. The van der Waals surface area contributed by atoms with Crippen molar-refractivity contribution in [3.63, 3.8) is 0 Å². The summed E-state index contributed by atoms with van der Waals surface area (Å²) in [6.45, 7) is 3.89. The second kappa shape index (κ2) is 7.12. The van der Waals surface area contributed by atoms with Gasteiger partial charge >= 0.3 is 5.63 Å². The largest absolute Gasteiger partial charge is 0.422 e. The highest BCUT2D eigenvalue weighted by Crippen LogP contribution is 2.29. The molecule has 4 aromatic rings. The molecule has 0 bridgehead atoms. The maximum absolute atomic E-state index is 14.0. The fourth-order valence-corrected chi connectivity index (χ4v) is 3.84. The lowest BCUT2D eigenvalue weighted by atomic mass is 10.0. The first kappa shape index (κ1) is 18.2. The number of halogens is 1. The van der Waals surface area contributed by atoms with Crippen molar-refractivity contribution in [2.24, 2.45) is 0 Å². The molecule has 8 heteroatoms. The van der Waals surface area contributed by atoms with E-state index in [2.05, 4.69) is 10.2 Å². The standard InChI is InChI=1S/C20H17FN4O2S/c1-11-7-8-14-13(9-17(26)27-18(14)12(11)2)10-28-20-24-23-19(25(20)22)15-5-3-4-6-16(15)21/h3-9H,10,22H2,1-2H3. The van der Waals surface area contributed by atoms with Crippen LogP contribution in [0.2, 0.25) is 0 Å². The number of aromatic nitrogens is 3. The molecule has 6 nitrogen and oxygen atoms in total. The Bertz CT molecular complexity index is 1250. The predicted octanol–water partition coefficient (Wildman–Crippen LogP) is 3.81. The van der Waals surface area contributed by atoms with Gasteiger partial charge in [0.15, 0.2) is 5.82 Å². The molecule has 4 rings (SSSR count). The fraction of sp³-hybridized carbons (Fsp3) is 0.150. The Morgan fingerprint density at radius 1 is 1.18 bits per heavy atom. The molecule has 0 aliphatic carbocycles. The molecule has 2 N–H and O–H groups in total. The van der Waals surface area contributed by atoms with E-state index in [-0.39, 0.29) is 11.4 Å². The van der Waals surface area contributed by atoms with Crippen molar-refractivity contribution in [2.75, 3.05) is 5.84 Å². The van der Waals surface area contributed by atoms with Gasteiger partial charge in [0.1, 0.15) is 11.4 Å².